The van der Waals surface area contributed by atoms with Crippen LogP contribution in [0.2, 0.25) is 0 Å². The average Bonchev–Trinajstić information content (AvgIpc) is 2.50. The summed E-state index contributed by atoms with van der Waals surface area (Å²) < 4.78 is 29.0. The molecule has 0 aliphatic rings. The van der Waals surface area contributed by atoms with Gasteiger partial charge in [0.15, 0.2) is 5.85 Å². The summed E-state index contributed by atoms with van der Waals surface area (Å²) in [6.45, 7) is 8.34. The highest BCUT2D eigenvalue weighted by Gasteiger charge is 2.36. The SMILES string of the molecule is COc1ccc([C@H](O)P(=O)(OCC(C)C)OCC(C)C)cc1. The minimum atomic E-state index is -3.65. The highest BCUT2D eigenvalue weighted by molar-refractivity contribution is 7.54. The molecular weight excluding hydrogens is 303 g/mol. The Morgan fingerprint density at radius 1 is 1.00 bits per heavy atom. The molecule has 1 atom stereocenters. The fourth-order valence-electron chi connectivity index (χ4n) is 1.64. The lowest BCUT2D eigenvalue weighted by Gasteiger charge is -2.25. The topological polar surface area (TPSA) is 65.0 Å². The molecule has 0 amide bonds. The molecule has 6 heteroatoms. The van der Waals surface area contributed by atoms with Gasteiger partial charge in [-0.3, -0.25) is 4.57 Å². The first-order valence-electron chi connectivity index (χ1n) is 7.49. The molecule has 0 radical (unpaired) electrons. The second-order valence-corrected chi connectivity index (χ2v) is 8.15. The van der Waals surface area contributed by atoms with Gasteiger partial charge in [-0.15, -0.1) is 0 Å². The third-order valence-electron chi connectivity index (χ3n) is 2.89. The molecule has 1 rings (SSSR count). The summed E-state index contributed by atoms with van der Waals surface area (Å²) in [5.41, 5.74) is 0.483. The smallest absolute Gasteiger partial charge is 0.363 e. The number of aliphatic hydroxyl groups excluding tert-OH is 1. The molecule has 0 bridgehead atoms. The summed E-state index contributed by atoms with van der Waals surface area (Å²) in [7, 11) is -2.09. The van der Waals surface area contributed by atoms with Gasteiger partial charge < -0.3 is 18.9 Å². The van der Waals surface area contributed by atoms with Crippen molar-refractivity contribution in [1.82, 2.24) is 0 Å². The zero-order valence-corrected chi connectivity index (χ0v) is 14.9. The zero-order valence-electron chi connectivity index (χ0n) is 14.0. The van der Waals surface area contributed by atoms with Crippen LogP contribution in [0.1, 0.15) is 39.1 Å². The summed E-state index contributed by atoms with van der Waals surface area (Å²) in [5.74, 6) is -0.258. The van der Waals surface area contributed by atoms with Crippen molar-refractivity contribution in [3.63, 3.8) is 0 Å². The van der Waals surface area contributed by atoms with Crippen molar-refractivity contribution in [3.8, 4) is 5.75 Å². The van der Waals surface area contributed by atoms with Crippen LogP contribution in [0.3, 0.4) is 0 Å². The van der Waals surface area contributed by atoms with Gasteiger partial charge in [-0.25, -0.2) is 0 Å². The van der Waals surface area contributed by atoms with E-state index in [2.05, 4.69) is 0 Å². The lowest BCUT2D eigenvalue weighted by molar-refractivity contribution is 0.124. The van der Waals surface area contributed by atoms with Gasteiger partial charge in [-0.2, -0.15) is 0 Å². The molecule has 0 heterocycles. The minimum absolute atomic E-state index is 0.194. The Morgan fingerprint density at radius 2 is 1.45 bits per heavy atom. The maximum Gasteiger partial charge on any atom is 0.363 e. The van der Waals surface area contributed by atoms with E-state index in [0.717, 1.165) is 0 Å². The molecular formula is C16H27O5P. The Balaban J connectivity index is 2.93. The molecule has 0 aliphatic carbocycles. The lowest BCUT2D eigenvalue weighted by atomic mass is 10.2. The van der Waals surface area contributed by atoms with Crippen molar-refractivity contribution in [1.29, 1.82) is 0 Å². The Morgan fingerprint density at radius 3 is 1.82 bits per heavy atom. The predicted octanol–water partition coefficient (Wildman–Crippen LogP) is 4.22. The first-order valence-corrected chi connectivity index (χ1v) is 9.10. The first kappa shape index (κ1) is 19.2. The molecule has 0 saturated carbocycles. The number of hydrogen-bond acceptors (Lipinski definition) is 5. The van der Waals surface area contributed by atoms with Crippen LogP contribution >= 0.6 is 7.60 Å². The quantitative estimate of drug-likeness (QED) is 0.687. The van der Waals surface area contributed by atoms with Gasteiger partial charge in [0.1, 0.15) is 5.75 Å². The maximum atomic E-state index is 13.0. The molecule has 0 fully saturated rings. The van der Waals surface area contributed by atoms with Crippen molar-refractivity contribution in [2.45, 2.75) is 33.5 Å². The third-order valence-corrected chi connectivity index (χ3v) is 4.80. The summed E-state index contributed by atoms with van der Waals surface area (Å²) >= 11 is 0. The summed E-state index contributed by atoms with van der Waals surface area (Å²) in [6, 6.07) is 6.73. The van der Waals surface area contributed by atoms with Gasteiger partial charge in [-0.05, 0) is 29.5 Å². The summed E-state index contributed by atoms with van der Waals surface area (Å²) in [6.07, 6.45) is 0. The molecule has 0 aromatic heterocycles. The van der Waals surface area contributed by atoms with Gasteiger partial charge in [0.2, 0.25) is 0 Å². The maximum absolute atomic E-state index is 13.0. The van der Waals surface area contributed by atoms with Crippen molar-refractivity contribution < 1.29 is 23.5 Å². The normalized spacial score (nSPS) is 13.6. The number of methoxy groups -OCH3 is 1. The summed E-state index contributed by atoms with van der Waals surface area (Å²) in [4.78, 5) is 0. The molecule has 1 aromatic carbocycles. The van der Waals surface area contributed by atoms with Crippen LogP contribution in [0.15, 0.2) is 24.3 Å². The van der Waals surface area contributed by atoms with Gasteiger partial charge in [-0.1, -0.05) is 39.8 Å². The van der Waals surface area contributed by atoms with E-state index in [1.807, 2.05) is 27.7 Å². The Hall–Kier alpha value is -0.870. The van der Waals surface area contributed by atoms with Gasteiger partial charge in [0.05, 0.1) is 20.3 Å². The molecule has 0 unspecified atom stereocenters. The van der Waals surface area contributed by atoms with Crippen LogP contribution < -0.4 is 4.74 Å². The standard InChI is InChI=1S/C16H27O5P/c1-12(2)10-20-22(18,21-11-13(3)4)16(17)14-6-8-15(19-5)9-7-14/h6-9,12-13,16-17H,10-11H2,1-5H3/t16-/m1/s1. The summed E-state index contributed by atoms with van der Waals surface area (Å²) in [5, 5.41) is 10.5. The Bertz CT molecular complexity index is 468. The Kier molecular flexibility index (Phi) is 7.57. The number of rotatable bonds is 9. The number of benzene rings is 1. The number of aliphatic hydroxyl groups is 1. The molecule has 0 spiro atoms. The molecule has 0 saturated heterocycles. The second kappa shape index (κ2) is 8.68. The average molecular weight is 330 g/mol. The highest BCUT2D eigenvalue weighted by Crippen LogP contribution is 2.60. The lowest BCUT2D eigenvalue weighted by Crippen LogP contribution is -2.11. The fourth-order valence-corrected chi connectivity index (χ4v) is 3.55. The van der Waals surface area contributed by atoms with E-state index < -0.39 is 13.4 Å². The largest absolute Gasteiger partial charge is 0.497 e. The van der Waals surface area contributed by atoms with Gasteiger partial charge in [0, 0.05) is 0 Å². The van der Waals surface area contributed by atoms with E-state index >= 15 is 0 Å². The van der Waals surface area contributed by atoms with E-state index in [1.54, 1.807) is 31.4 Å². The van der Waals surface area contributed by atoms with Crippen LogP contribution in [0.4, 0.5) is 0 Å². The van der Waals surface area contributed by atoms with E-state index in [-0.39, 0.29) is 25.0 Å². The molecule has 126 valence electrons. The van der Waals surface area contributed by atoms with E-state index in [0.29, 0.717) is 11.3 Å². The first-order chi connectivity index (χ1) is 10.3. The van der Waals surface area contributed by atoms with Crippen LogP contribution in [0.5, 0.6) is 5.75 Å². The van der Waals surface area contributed by atoms with Crippen LogP contribution in [0.25, 0.3) is 0 Å². The van der Waals surface area contributed by atoms with Crippen LogP contribution in [0, 0.1) is 11.8 Å². The monoisotopic (exact) mass is 330 g/mol. The molecule has 22 heavy (non-hydrogen) atoms. The second-order valence-electron chi connectivity index (χ2n) is 6.07. The van der Waals surface area contributed by atoms with Crippen molar-refractivity contribution in [2.75, 3.05) is 20.3 Å². The van der Waals surface area contributed by atoms with Crippen LogP contribution in [-0.2, 0) is 13.6 Å². The van der Waals surface area contributed by atoms with Crippen LogP contribution in [-0.4, -0.2) is 25.4 Å². The predicted molar refractivity (Wildman–Crippen MR) is 87.1 cm³/mol. The molecule has 5 nitrogen and oxygen atoms in total. The zero-order chi connectivity index (χ0) is 16.8. The molecule has 0 aliphatic heterocycles. The number of hydrogen-bond donors (Lipinski definition) is 1. The van der Waals surface area contributed by atoms with E-state index in [1.165, 1.54) is 0 Å². The van der Waals surface area contributed by atoms with E-state index in [9.17, 15) is 9.67 Å². The van der Waals surface area contributed by atoms with E-state index in [4.69, 9.17) is 13.8 Å². The fraction of sp³-hybridized carbons (Fsp3) is 0.625. The highest BCUT2D eigenvalue weighted by atomic mass is 31.2. The molecule has 1 aromatic rings. The Labute approximate surface area is 133 Å². The van der Waals surface area contributed by atoms with Gasteiger partial charge in [0.25, 0.3) is 0 Å². The number of ether oxygens (including phenoxy) is 1. The minimum Gasteiger partial charge on any atom is -0.497 e. The van der Waals surface area contributed by atoms with Crippen molar-refractivity contribution >= 4 is 7.60 Å². The van der Waals surface area contributed by atoms with Crippen molar-refractivity contribution in [2.24, 2.45) is 11.8 Å². The third kappa shape index (κ3) is 5.73. The molecule has 1 N–H and O–H groups in total. The van der Waals surface area contributed by atoms with Gasteiger partial charge >= 0.3 is 7.60 Å². The van der Waals surface area contributed by atoms with Crippen molar-refractivity contribution in [3.05, 3.63) is 29.8 Å².